The van der Waals surface area contributed by atoms with Gasteiger partial charge in [0, 0.05) is 24.8 Å². The Bertz CT molecular complexity index is 500. The number of alkyl halides is 1. The maximum atomic E-state index is 11.5. The van der Waals surface area contributed by atoms with E-state index in [1.807, 2.05) is 12.1 Å². The van der Waals surface area contributed by atoms with E-state index >= 15 is 0 Å². The third-order valence-electron chi connectivity index (χ3n) is 3.05. The van der Waals surface area contributed by atoms with Crippen LogP contribution in [0.5, 0.6) is 0 Å². The fourth-order valence-electron chi connectivity index (χ4n) is 1.98. The minimum Gasteiger partial charge on any atom is -0.325 e. The van der Waals surface area contributed by atoms with Gasteiger partial charge in [-0.2, -0.15) is 0 Å². The second-order valence-electron chi connectivity index (χ2n) is 4.40. The molecular weight excluding hydrogens is 252 g/mol. The van der Waals surface area contributed by atoms with Crippen molar-refractivity contribution in [2.75, 3.05) is 17.3 Å². The minimum atomic E-state index is -0.565. The van der Waals surface area contributed by atoms with Crippen LogP contribution in [0.1, 0.15) is 18.9 Å². The summed E-state index contributed by atoms with van der Waals surface area (Å²) in [5, 5.41) is 2.18. The Kier molecular flexibility index (Phi) is 3.57. The molecule has 2 rings (SSSR count). The summed E-state index contributed by atoms with van der Waals surface area (Å²) in [6, 6.07) is 5.53. The highest BCUT2D eigenvalue weighted by atomic mass is 35.5. The molecule has 5 heteroatoms. The summed E-state index contributed by atoms with van der Waals surface area (Å²) < 4.78 is 0. The van der Waals surface area contributed by atoms with Gasteiger partial charge in [0.15, 0.2) is 0 Å². The number of carbonyl (C=O) groups excluding carboxylic acids is 2. The van der Waals surface area contributed by atoms with E-state index in [1.165, 1.54) is 0 Å². The van der Waals surface area contributed by atoms with Gasteiger partial charge in [-0.15, -0.1) is 11.6 Å². The molecule has 0 radical (unpaired) electrons. The summed E-state index contributed by atoms with van der Waals surface area (Å²) in [5.41, 5.74) is 2.69. The monoisotopic (exact) mass is 266 g/mol. The topological polar surface area (TPSA) is 49.4 Å². The van der Waals surface area contributed by atoms with E-state index in [-0.39, 0.29) is 11.8 Å². The molecule has 0 saturated heterocycles. The van der Waals surface area contributed by atoms with Crippen molar-refractivity contribution in [2.45, 2.75) is 25.1 Å². The number of nitrogens with one attached hydrogen (secondary N) is 1. The van der Waals surface area contributed by atoms with Crippen LogP contribution in [0.15, 0.2) is 18.2 Å². The van der Waals surface area contributed by atoms with Gasteiger partial charge in [0.2, 0.25) is 11.8 Å². The van der Waals surface area contributed by atoms with Crippen LogP contribution in [0.3, 0.4) is 0 Å². The lowest BCUT2D eigenvalue weighted by molar-refractivity contribution is -0.118. The molecule has 0 spiro atoms. The summed E-state index contributed by atoms with van der Waals surface area (Å²) in [4.78, 5) is 24.7. The summed E-state index contributed by atoms with van der Waals surface area (Å²) in [6.45, 7) is 1.63. The number of amides is 2. The number of benzene rings is 1. The Morgan fingerprint density at radius 2 is 2.17 bits per heavy atom. The summed E-state index contributed by atoms with van der Waals surface area (Å²) in [5.74, 6) is -0.106. The van der Waals surface area contributed by atoms with Crippen molar-refractivity contribution in [1.29, 1.82) is 0 Å². The number of fused-ring (bicyclic) bond motifs is 1. The molecule has 1 aromatic rings. The van der Waals surface area contributed by atoms with Gasteiger partial charge in [0.1, 0.15) is 5.38 Å². The molecule has 1 unspecified atom stereocenters. The lowest BCUT2D eigenvalue weighted by Gasteiger charge is -2.26. The average molecular weight is 267 g/mol. The van der Waals surface area contributed by atoms with Gasteiger partial charge >= 0.3 is 0 Å². The first-order valence-corrected chi connectivity index (χ1v) is 6.27. The molecule has 1 N–H and O–H groups in total. The van der Waals surface area contributed by atoms with Crippen molar-refractivity contribution in [3.05, 3.63) is 23.8 Å². The summed E-state index contributed by atoms with van der Waals surface area (Å²) in [7, 11) is 1.76. The van der Waals surface area contributed by atoms with Crippen LogP contribution in [0.25, 0.3) is 0 Å². The maximum absolute atomic E-state index is 11.5. The molecular formula is C13H15ClN2O2. The van der Waals surface area contributed by atoms with Gasteiger partial charge in [0.25, 0.3) is 0 Å². The zero-order chi connectivity index (χ0) is 13.3. The van der Waals surface area contributed by atoms with Crippen LogP contribution in [0.2, 0.25) is 0 Å². The van der Waals surface area contributed by atoms with Crippen molar-refractivity contribution in [3.8, 4) is 0 Å². The number of carbonyl (C=O) groups is 2. The van der Waals surface area contributed by atoms with E-state index in [1.54, 1.807) is 24.9 Å². The van der Waals surface area contributed by atoms with Crippen LogP contribution < -0.4 is 10.2 Å². The normalized spacial score (nSPS) is 16.2. The smallest absolute Gasteiger partial charge is 0.242 e. The quantitative estimate of drug-likeness (QED) is 0.834. The number of anilines is 2. The molecule has 4 nitrogen and oxygen atoms in total. The highest BCUT2D eigenvalue weighted by Crippen LogP contribution is 2.29. The van der Waals surface area contributed by atoms with Crippen molar-refractivity contribution >= 4 is 34.8 Å². The molecule has 1 atom stereocenters. The minimum absolute atomic E-state index is 0.119. The zero-order valence-electron chi connectivity index (χ0n) is 10.4. The third-order valence-corrected chi connectivity index (χ3v) is 3.25. The number of aryl methyl sites for hydroxylation is 1. The van der Waals surface area contributed by atoms with Crippen molar-refractivity contribution in [1.82, 2.24) is 0 Å². The molecule has 0 fully saturated rings. The van der Waals surface area contributed by atoms with E-state index in [9.17, 15) is 9.59 Å². The Balaban J connectivity index is 2.23. The van der Waals surface area contributed by atoms with E-state index in [0.29, 0.717) is 18.5 Å². The standard InChI is InChI=1S/C13H15ClN2O2/c1-8(14)13(18)15-10-4-5-11-9(7-10)3-6-12(17)16(11)2/h4-5,7-8H,3,6H2,1-2H3,(H,15,18). The molecule has 1 aliphatic rings. The second-order valence-corrected chi connectivity index (χ2v) is 5.06. The van der Waals surface area contributed by atoms with Crippen molar-refractivity contribution in [3.63, 3.8) is 0 Å². The number of nitrogens with zero attached hydrogens (tertiary/aromatic N) is 1. The second kappa shape index (κ2) is 4.98. The van der Waals surface area contributed by atoms with Crippen molar-refractivity contribution in [2.24, 2.45) is 0 Å². The Hall–Kier alpha value is -1.55. The lowest BCUT2D eigenvalue weighted by Crippen LogP contribution is -2.31. The van der Waals surface area contributed by atoms with Gasteiger partial charge in [-0.25, -0.2) is 0 Å². The third kappa shape index (κ3) is 2.48. The molecule has 0 aliphatic carbocycles. The van der Waals surface area contributed by atoms with Gasteiger partial charge in [0.05, 0.1) is 0 Å². The van der Waals surface area contributed by atoms with Gasteiger partial charge < -0.3 is 10.2 Å². The number of hydrogen-bond donors (Lipinski definition) is 1. The Morgan fingerprint density at radius 1 is 1.44 bits per heavy atom. The lowest BCUT2D eigenvalue weighted by atomic mass is 10.0. The molecule has 0 bridgehead atoms. The van der Waals surface area contributed by atoms with E-state index in [4.69, 9.17) is 11.6 Å². The first-order valence-electron chi connectivity index (χ1n) is 5.83. The number of rotatable bonds is 2. The van der Waals surface area contributed by atoms with Crippen LogP contribution in [-0.4, -0.2) is 24.2 Å². The fraction of sp³-hybridized carbons (Fsp3) is 0.385. The van der Waals surface area contributed by atoms with Gasteiger partial charge in [-0.05, 0) is 37.1 Å². The average Bonchev–Trinajstić information content (AvgIpc) is 2.34. The maximum Gasteiger partial charge on any atom is 0.242 e. The van der Waals surface area contributed by atoms with Crippen LogP contribution in [-0.2, 0) is 16.0 Å². The summed E-state index contributed by atoms with van der Waals surface area (Å²) in [6.07, 6.45) is 1.21. The first kappa shape index (κ1) is 12.9. The first-order chi connectivity index (χ1) is 8.49. The van der Waals surface area contributed by atoms with Crippen LogP contribution in [0.4, 0.5) is 11.4 Å². The molecule has 1 heterocycles. The zero-order valence-corrected chi connectivity index (χ0v) is 11.1. The highest BCUT2D eigenvalue weighted by Gasteiger charge is 2.21. The molecule has 2 amide bonds. The predicted molar refractivity (Wildman–Crippen MR) is 72.1 cm³/mol. The largest absolute Gasteiger partial charge is 0.325 e. The molecule has 1 aliphatic heterocycles. The molecule has 0 aromatic heterocycles. The molecule has 1 aromatic carbocycles. The number of halogens is 1. The Labute approximate surface area is 111 Å². The van der Waals surface area contributed by atoms with Crippen LogP contribution >= 0.6 is 11.6 Å². The van der Waals surface area contributed by atoms with E-state index in [0.717, 1.165) is 11.3 Å². The highest BCUT2D eigenvalue weighted by molar-refractivity contribution is 6.32. The summed E-state index contributed by atoms with van der Waals surface area (Å²) >= 11 is 5.70. The van der Waals surface area contributed by atoms with E-state index < -0.39 is 5.38 Å². The molecule has 18 heavy (non-hydrogen) atoms. The molecule has 96 valence electrons. The van der Waals surface area contributed by atoms with Crippen LogP contribution in [0, 0.1) is 0 Å². The van der Waals surface area contributed by atoms with Gasteiger partial charge in [-0.3, -0.25) is 9.59 Å². The molecule has 0 saturated carbocycles. The number of hydrogen-bond acceptors (Lipinski definition) is 2. The predicted octanol–water partition coefficient (Wildman–Crippen LogP) is 2.16. The van der Waals surface area contributed by atoms with E-state index in [2.05, 4.69) is 5.32 Å². The Morgan fingerprint density at radius 3 is 2.83 bits per heavy atom. The van der Waals surface area contributed by atoms with Gasteiger partial charge in [-0.1, -0.05) is 0 Å². The van der Waals surface area contributed by atoms with Crippen molar-refractivity contribution < 1.29 is 9.59 Å². The SMILES string of the molecule is CC(Cl)C(=O)Nc1ccc2c(c1)CCC(=O)N2C. The fourth-order valence-corrected chi connectivity index (χ4v) is 2.03.